The van der Waals surface area contributed by atoms with Gasteiger partial charge in [0.15, 0.2) is 0 Å². The van der Waals surface area contributed by atoms with Crippen LogP contribution in [0.4, 0.5) is 0 Å². The molecule has 3 aliphatic carbocycles. The fraction of sp³-hybridized carbons (Fsp3) is 0.333. The SMILES string of the molecule is CCCC[C@@H]1C=Cc2cccc3c2[C@@]1(C)C1=C3c2cccc(c2C)C([S-])Cc2cccc1c2C. The number of rotatable bonds is 3. The molecule has 0 fully saturated rings. The van der Waals surface area contributed by atoms with Crippen LogP contribution in [0.25, 0.3) is 17.2 Å². The quantitative estimate of drug-likeness (QED) is 0.352. The van der Waals surface area contributed by atoms with E-state index >= 15 is 0 Å². The van der Waals surface area contributed by atoms with E-state index in [1.807, 2.05) is 0 Å². The van der Waals surface area contributed by atoms with Gasteiger partial charge in [-0.1, -0.05) is 99.0 Å². The normalized spacial score (nSPS) is 24.1. The van der Waals surface area contributed by atoms with Crippen LogP contribution in [0.2, 0.25) is 0 Å². The summed E-state index contributed by atoms with van der Waals surface area (Å²) in [4.78, 5) is 0. The molecule has 172 valence electrons. The lowest BCUT2D eigenvalue weighted by molar-refractivity contribution is 0.405. The van der Waals surface area contributed by atoms with Crippen LogP contribution in [-0.4, -0.2) is 0 Å². The van der Waals surface area contributed by atoms with Crippen molar-refractivity contribution in [3.63, 3.8) is 0 Å². The maximum atomic E-state index is 6.10. The Balaban J connectivity index is 1.77. The largest absolute Gasteiger partial charge is 0.784 e. The molecule has 0 spiro atoms. The van der Waals surface area contributed by atoms with E-state index in [4.69, 9.17) is 12.6 Å². The van der Waals surface area contributed by atoms with E-state index < -0.39 is 0 Å². The average Bonchev–Trinajstić information content (AvgIpc) is 3.10. The van der Waals surface area contributed by atoms with E-state index in [1.54, 1.807) is 0 Å². The molecule has 1 unspecified atom stereocenters. The van der Waals surface area contributed by atoms with Gasteiger partial charge in [0, 0.05) is 5.41 Å². The first kappa shape index (κ1) is 22.0. The summed E-state index contributed by atoms with van der Waals surface area (Å²) in [7, 11) is 0. The molecule has 0 saturated carbocycles. The lowest BCUT2D eigenvalue weighted by atomic mass is 9.62. The van der Waals surface area contributed by atoms with Crippen LogP contribution in [-0.2, 0) is 24.5 Å². The van der Waals surface area contributed by atoms with Gasteiger partial charge in [0.2, 0.25) is 0 Å². The molecule has 34 heavy (non-hydrogen) atoms. The number of hydrogen-bond acceptors (Lipinski definition) is 1. The van der Waals surface area contributed by atoms with Crippen LogP contribution < -0.4 is 0 Å². The van der Waals surface area contributed by atoms with Gasteiger partial charge < -0.3 is 12.6 Å². The second kappa shape index (κ2) is 8.02. The third kappa shape index (κ3) is 2.92. The molecule has 3 aromatic carbocycles. The van der Waals surface area contributed by atoms with Gasteiger partial charge in [0.1, 0.15) is 0 Å². The van der Waals surface area contributed by atoms with Crippen molar-refractivity contribution in [2.45, 2.75) is 64.0 Å². The summed E-state index contributed by atoms with van der Waals surface area (Å²) in [6.07, 6.45) is 9.53. The summed E-state index contributed by atoms with van der Waals surface area (Å²) in [5.74, 6) is 0.495. The van der Waals surface area contributed by atoms with Crippen molar-refractivity contribution >= 4 is 29.9 Å². The zero-order valence-electron chi connectivity index (χ0n) is 20.7. The van der Waals surface area contributed by atoms with Gasteiger partial charge in [-0.25, -0.2) is 0 Å². The molecule has 0 radical (unpaired) electrons. The monoisotopic (exact) mass is 461 g/mol. The van der Waals surface area contributed by atoms with E-state index in [9.17, 15) is 0 Å². The Bertz CT molecular complexity index is 1370. The highest BCUT2D eigenvalue weighted by molar-refractivity contribution is 7.59. The zero-order chi connectivity index (χ0) is 23.6. The van der Waals surface area contributed by atoms with Crippen LogP contribution in [0.15, 0.2) is 60.7 Å². The summed E-state index contributed by atoms with van der Waals surface area (Å²) in [6, 6.07) is 20.7. The van der Waals surface area contributed by atoms with Gasteiger partial charge in [-0.15, -0.1) is 5.25 Å². The molecular weight excluding hydrogens is 428 g/mol. The van der Waals surface area contributed by atoms with Crippen molar-refractivity contribution in [1.29, 1.82) is 0 Å². The molecule has 0 amide bonds. The summed E-state index contributed by atoms with van der Waals surface area (Å²) in [6.45, 7) is 9.47. The van der Waals surface area contributed by atoms with E-state index in [0.29, 0.717) is 5.92 Å². The molecular formula is C33H33S-. The van der Waals surface area contributed by atoms with E-state index in [2.05, 4.69) is 94.4 Å². The predicted molar refractivity (Wildman–Crippen MR) is 148 cm³/mol. The predicted octanol–water partition coefficient (Wildman–Crippen LogP) is 8.51. The second-order valence-corrected chi connectivity index (χ2v) is 11.2. The minimum absolute atomic E-state index is 0.0381. The van der Waals surface area contributed by atoms with E-state index in [0.717, 1.165) is 6.42 Å². The maximum absolute atomic E-state index is 6.10. The third-order valence-electron chi connectivity index (χ3n) is 8.89. The van der Waals surface area contributed by atoms with Crippen molar-refractivity contribution in [2.75, 3.05) is 0 Å². The molecule has 0 N–H and O–H groups in total. The molecule has 3 aliphatic rings. The van der Waals surface area contributed by atoms with Gasteiger partial charge in [-0.3, -0.25) is 0 Å². The van der Waals surface area contributed by atoms with Crippen LogP contribution in [0.1, 0.15) is 88.4 Å². The van der Waals surface area contributed by atoms with Gasteiger partial charge in [-0.2, -0.15) is 0 Å². The molecule has 0 nitrogen and oxygen atoms in total. The average molecular weight is 462 g/mol. The van der Waals surface area contributed by atoms with Gasteiger partial charge >= 0.3 is 0 Å². The smallest absolute Gasteiger partial charge is 0.0261 e. The highest BCUT2D eigenvalue weighted by Crippen LogP contribution is 2.61. The lowest BCUT2D eigenvalue weighted by Crippen LogP contribution is -2.34. The minimum Gasteiger partial charge on any atom is -0.784 e. The summed E-state index contributed by atoms with van der Waals surface area (Å²) < 4.78 is 0. The first-order chi connectivity index (χ1) is 16.5. The second-order valence-electron chi connectivity index (χ2n) is 10.6. The highest BCUT2D eigenvalue weighted by Gasteiger charge is 2.49. The Kier molecular flexibility index (Phi) is 5.19. The zero-order valence-corrected chi connectivity index (χ0v) is 21.6. The molecule has 0 heterocycles. The van der Waals surface area contributed by atoms with Crippen molar-refractivity contribution in [3.8, 4) is 0 Å². The molecule has 1 heteroatoms. The molecule has 0 saturated heterocycles. The van der Waals surface area contributed by atoms with Crippen LogP contribution in [0.3, 0.4) is 0 Å². The fourth-order valence-corrected chi connectivity index (χ4v) is 7.50. The topological polar surface area (TPSA) is 0 Å². The van der Waals surface area contributed by atoms with Crippen molar-refractivity contribution < 1.29 is 0 Å². The summed E-state index contributed by atoms with van der Waals surface area (Å²) >= 11 is 6.10. The van der Waals surface area contributed by atoms with Crippen LogP contribution >= 0.6 is 0 Å². The number of unbranched alkanes of at least 4 members (excludes halogenated alkanes) is 1. The Labute approximate surface area is 210 Å². The molecule has 3 aromatic rings. The maximum Gasteiger partial charge on any atom is 0.0261 e. The fourth-order valence-electron chi connectivity index (χ4n) is 7.06. The van der Waals surface area contributed by atoms with Crippen molar-refractivity contribution in [3.05, 3.63) is 111 Å². The first-order valence-corrected chi connectivity index (χ1v) is 13.3. The summed E-state index contributed by atoms with van der Waals surface area (Å²) in [5, 5.41) is 0.0873. The molecule has 3 atom stereocenters. The number of benzene rings is 3. The van der Waals surface area contributed by atoms with E-state index in [1.165, 1.54) is 80.5 Å². The lowest BCUT2D eigenvalue weighted by Gasteiger charge is -2.41. The first-order valence-electron chi connectivity index (χ1n) is 12.9. The highest BCUT2D eigenvalue weighted by atomic mass is 32.1. The molecule has 6 rings (SSSR count). The molecule has 4 bridgehead atoms. The molecule has 0 aromatic heterocycles. The van der Waals surface area contributed by atoms with Crippen molar-refractivity contribution in [2.24, 2.45) is 5.92 Å². The Hall–Kier alpha value is -2.51. The van der Waals surface area contributed by atoms with Crippen molar-refractivity contribution in [1.82, 2.24) is 0 Å². The van der Waals surface area contributed by atoms with E-state index in [-0.39, 0.29) is 10.7 Å². The Morgan fingerprint density at radius 2 is 1.65 bits per heavy atom. The van der Waals surface area contributed by atoms with Gasteiger partial charge in [0.05, 0.1) is 0 Å². The third-order valence-corrected chi connectivity index (χ3v) is 9.31. The van der Waals surface area contributed by atoms with Gasteiger partial charge in [-0.05, 0) is 88.3 Å². The van der Waals surface area contributed by atoms with Gasteiger partial charge in [0.25, 0.3) is 0 Å². The number of fused-ring (bicyclic) bond motifs is 8. The Morgan fingerprint density at radius 3 is 2.47 bits per heavy atom. The molecule has 0 aliphatic heterocycles. The standard InChI is InChI=1S/C33H34S/c1-5-6-12-24-18-17-22-10-7-16-28-30-26-14-9-13-25(21(26)3)29(34)19-23-11-8-15-27(20(23)2)32(30)33(24,4)31(22)28/h7-11,13-18,24,29,34H,5-6,12,19H2,1-4H3/p-1/t24-,29?,33+/m1/s1. The number of allylic oxidation sites excluding steroid dienone is 2. The van der Waals surface area contributed by atoms with Crippen LogP contribution in [0, 0.1) is 19.8 Å². The summed E-state index contributed by atoms with van der Waals surface area (Å²) in [5.41, 5.74) is 15.5. The number of hydrogen-bond donors (Lipinski definition) is 0. The van der Waals surface area contributed by atoms with Crippen LogP contribution in [0.5, 0.6) is 0 Å². The Morgan fingerprint density at radius 1 is 0.912 bits per heavy atom. The minimum atomic E-state index is -0.0381.